The van der Waals surface area contributed by atoms with Crippen LogP contribution in [0.25, 0.3) is 0 Å². The van der Waals surface area contributed by atoms with Crippen molar-refractivity contribution < 1.29 is 4.74 Å². The summed E-state index contributed by atoms with van der Waals surface area (Å²) in [5, 5.41) is 3.37. The Morgan fingerprint density at radius 2 is 1.55 bits per heavy atom. The van der Waals surface area contributed by atoms with Crippen LogP contribution in [0.4, 0.5) is 23.1 Å². The van der Waals surface area contributed by atoms with Crippen LogP contribution < -0.4 is 19.9 Å². The molecule has 29 heavy (non-hydrogen) atoms. The molecule has 0 amide bonds. The van der Waals surface area contributed by atoms with Crippen LogP contribution in [0.15, 0.2) is 54.6 Å². The summed E-state index contributed by atoms with van der Waals surface area (Å²) in [6, 6.07) is 18.4. The van der Waals surface area contributed by atoms with E-state index in [1.807, 2.05) is 37.3 Å². The second-order valence-corrected chi connectivity index (χ2v) is 7.28. The summed E-state index contributed by atoms with van der Waals surface area (Å²) in [4.78, 5) is 14.1. The predicted molar refractivity (Wildman–Crippen MR) is 119 cm³/mol. The molecule has 0 radical (unpaired) electrons. The lowest BCUT2D eigenvalue weighted by Crippen LogP contribution is -2.47. The molecule has 1 saturated heterocycles. The zero-order valence-corrected chi connectivity index (χ0v) is 17.2. The van der Waals surface area contributed by atoms with Crippen molar-refractivity contribution in [2.45, 2.75) is 13.8 Å². The standard InChI is InChI=1S/C23H27N5O/c1-17-8-4-5-9-19(17)25-23-24-18(2)16-22(26-23)28-14-12-27(13-15-28)20-10-6-7-11-21(20)29-3/h4-11,16H,12-15H2,1-3H3,(H,24,25,26). The smallest absolute Gasteiger partial charge is 0.229 e. The van der Waals surface area contributed by atoms with E-state index in [2.05, 4.69) is 51.3 Å². The molecule has 2 aromatic carbocycles. The fraction of sp³-hybridized carbons (Fsp3) is 0.304. The molecule has 1 aromatic heterocycles. The van der Waals surface area contributed by atoms with Gasteiger partial charge in [0, 0.05) is 43.6 Å². The molecule has 2 heterocycles. The summed E-state index contributed by atoms with van der Waals surface area (Å²) in [7, 11) is 1.72. The highest BCUT2D eigenvalue weighted by Gasteiger charge is 2.21. The largest absolute Gasteiger partial charge is 0.495 e. The van der Waals surface area contributed by atoms with E-state index in [9.17, 15) is 0 Å². The first-order valence-electron chi connectivity index (χ1n) is 9.95. The first kappa shape index (κ1) is 19.1. The Hall–Kier alpha value is -3.28. The van der Waals surface area contributed by atoms with Crippen LogP contribution in [0.1, 0.15) is 11.3 Å². The van der Waals surface area contributed by atoms with E-state index in [4.69, 9.17) is 9.72 Å². The minimum atomic E-state index is 0.640. The van der Waals surface area contributed by atoms with Gasteiger partial charge < -0.3 is 19.9 Å². The van der Waals surface area contributed by atoms with Crippen LogP contribution in [0.2, 0.25) is 0 Å². The molecule has 1 aliphatic heterocycles. The molecule has 0 unspecified atom stereocenters. The third-order valence-corrected chi connectivity index (χ3v) is 5.26. The Balaban J connectivity index is 1.48. The van der Waals surface area contributed by atoms with Crippen molar-refractivity contribution in [1.82, 2.24) is 9.97 Å². The Kier molecular flexibility index (Phi) is 5.51. The minimum absolute atomic E-state index is 0.640. The van der Waals surface area contributed by atoms with Crippen molar-refractivity contribution in [2.75, 3.05) is 48.4 Å². The SMILES string of the molecule is COc1ccccc1N1CCN(c2cc(C)nc(Nc3ccccc3C)n2)CC1. The molecule has 3 aromatic rings. The van der Waals surface area contributed by atoms with Crippen molar-refractivity contribution in [3.05, 3.63) is 65.9 Å². The molecule has 1 N–H and O–H groups in total. The fourth-order valence-corrected chi connectivity index (χ4v) is 3.67. The molecule has 0 spiro atoms. The fourth-order valence-electron chi connectivity index (χ4n) is 3.67. The van der Waals surface area contributed by atoms with E-state index >= 15 is 0 Å². The van der Waals surface area contributed by atoms with E-state index in [1.54, 1.807) is 7.11 Å². The molecule has 0 bridgehead atoms. The van der Waals surface area contributed by atoms with Crippen LogP contribution in [-0.4, -0.2) is 43.3 Å². The van der Waals surface area contributed by atoms with Gasteiger partial charge in [-0.05, 0) is 37.6 Å². The normalized spacial score (nSPS) is 14.0. The van der Waals surface area contributed by atoms with Crippen LogP contribution >= 0.6 is 0 Å². The van der Waals surface area contributed by atoms with Crippen LogP contribution in [0.5, 0.6) is 5.75 Å². The number of hydrogen-bond acceptors (Lipinski definition) is 6. The van der Waals surface area contributed by atoms with Crippen molar-refractivity contribution >= 4 is 23.1 Å². The van der Waals surface area contributed by atoms with Gasteiger partial charge in [-0.3, -0.25) is 0 Å². The number of methoxy groups -OCH3 is 1. The third kappa shape index (κ3) is 4.26. The second-order valence-electron chi connectivity index (χ2n) is 7.28. The first-order chi connectivity index (χ1) is 14.1. The highest BCUT2D eigenvalue weighted by Crippen LogP contribution is 2.29. The van der Waals surface area contributed by atoms with E-state index < -0.39 is 0 Å². The average molecular weight is 390 g/mol. The van der Waals surface area contributed by atoms with E-state index in [0.717, 1.165) is 54.8 Å². The molecule has 0 saturated carbocycles. The van der Waals surface area contributed by atoms with Crippen molar-refractivity contribution in [3.63, 3.8) is 0 Å². The molecule has 150 valence electrons. The quantitative estimate of drug-likeness (QED) is 0.707. The van der Waals surface area contributed by atoms with Crippen molar-refractivity contribution in [2.24, 2.45) is 0 Å². The maximum Gasteiger partial charge on any atom is 0.229 e. The zero-order chi connectivity index (χ0) is 20.2. The Morgan fingerprint density at radius 1 is 0.862 bits per heavy atom. The monoisotopic (exact) mass is 389 g/mol. The number of aryl methyl sites for hydroxylation is 2. The molecule has 1 fully saturated rings. The number of ether oxygens (including phenoxy) is 1. The molecule has 0 aliphatic carbocycles. The lowest BCUT2D eigenvalue weighted by atomic mass is 10.2. The molecular weight excluding hydrogens is 362 g/mol. The van der Waals surface area contributed by atoms with Gasteiger partial charge in [-0.1, -0.05) is 30.3 Å². The average Bonchev–Trinajstić information content (AvgIpc) is 2.75. The number of aromatic nitrogens is 2. The number of nitrogens with one attached hydrogen (secondary N) is 1. The number of nitrogens with zero attached hydrogens (tertiary/aromatic N) is 4. The third-order valence-electron chi connectivity index (χ3n) is 5.26. The van der Waals surface area contributed by atoms with Gasteiger partial charge in [0.1, 0.15) is 11.6 Å². The Bertz CT molecular complexity index is 983. The second kappa shape index (κ2) is 8.39. The molecule has 1 aliphatic rings. The zero-order valence-electron chi connectivity index (χ0n) is 17.2. The number of rotatable bonds is 5. The van der Waals surface area contributed by atoms with E-state index in [0.29, 0.717) is 5.95 Å². The molecule has 0 atom stereocenters. The summed E-state index contributed by atoms with van der Waals surface area (Å²) in [6.45, 7) is 7.74. The minimum Gasteiger partial charge on any atom is -0.495 e. The van der Waals surface area contributed by atoms with Gasteiger partial charge >= 0.3 is 0 Å². The van der Waals surface area contributed by atoms with Crippen molar-refractivity contribution in [3.8, 4) is 5.75 Å². The Labute approximate surface area is 172 Å². The van der Waals surface area contributed by atoms with Crippen LogP contribution in [0.3, 0.4) is 0 Å². The summed E-state index contributed by atoms with van der Waals surface area (Å²) in [5.41, 5.74) is 4.31. The number of piperazine rings is 1. The highest BCUT2D eigenvalue weighted by molar-refractivity contribution is 5.61. The number of para-hydroxylation sites is 3. The summed E-state index contributed by atoms with van der Waals surface area (Å²) >= 11 is 0. The summed E-state index contributed by atoms with van der Waals surface area (Å²) < 4.78 is 5.52. The van der Waals surface area contributed by atoms with Crippen LogP contribution in [-0.2, 0) is 0 Å². The van der Waals surface area contributed by atoms with Gasteiger partial charge in [0.05, 0.1) is 12.8 Å². The van der Waals surface area contributed by atoms with Crippen LogP contribution in [0, 0.1) is 13.8 Å². The number of benzene rings is 2. The van der Waals surface area contributed by atoms with E-state index in [-0.39, 0.29) is 0 Å². The predicted octanol–water partition coefficient (Wildman–Crippen LogP) is 4.17. The maximum absolute atomic E-state index is 5.52. The topological polar surface area (TPSA) is 53.5 Å². The highest BCUT2D eigenvalue weighted by atomic mass is 16.5. The van der Waals surface area contributed by atoms with E-state index in [1.165, 1.54) is 5.56 Å². The first-order valence-corrected chi connectivity index (χ1v) is 9.95. The van der Waals surface area contributed by atoms with Gasteiger partial charge in [-0.2, -0.15) is 4.98 Å². The van der Waals surface area contributed by atoms with Gasteiger partial charge in [0.25, 0.3) is 0 Å². The molecule has 4 rings (SSSR count). The molecule has 6 heteroatoms. The number of anilines is 4. The van der Waals surface area contributed by atoms with Gasteiger partial charge in [0.2, 0.25) is 5.95 Å². The number of hydrogen-bond donors (Lipinski definition) is 1. The van der Waals surface area contributed by atoms with Gasteiger partial charge in [0.15, 0.2) is 0 Å². The molecule has 6 nitrogen and oxygen atoms in total. The molecular formula is C23H27N5O. The lowest BCUT2D eigenvalue weighted by molar-refractivity contribution is 0.413. The van der Waals surface area contributed by atoms with Gasteiger partial charge in [-0.25, -0.2) is 4.98 Å². The Morgan fingerprint density at radius 3 is 2.31 bits per heavy atom. The van der Waals surface area contributed by atoms with Crippen molar-refractivity contribution in [1.29, 1.82) is 0 Å². The maximum atomic E-state index is 5.52. The lowest BCUT2D eigenvalue weighted by Gasteiger charge is -2.37. The van der Waals surface area contributed by atoms with Gasteiger partial charge in [-0.15, -0.1) is 0 Å². The summed E-state index contributed by atoms with van der Waals surface area (Å²) in [6.07, 6.45) is 0. The summed E-state index contributed by atoms with van der Waals surface area (Å²) in [5.74, 6) is 2.53.